The molecule has 3 aromatic rings. The number of H-pyrrole nitrogens is 1. The van der Waals surface area contributed by atoms with E-state index in [0.717, 1.165) is 41.8 Å². The van der Waals surface area contributed by atoms with Gasteiger partial charge < -0.3 is 20.1 Å². The van der Waals surface area contributed by atoms with Gasteiger partial charge in [-0.2, -0.15) is 0 Å². The summed E-state index contributed by atoms with van der Waals surface area (Å²) in [6.07, 6.45) is 3.12. The summed E-state index contributed by atoms with van der Waals surface area (Å²) in [7, 11) is 0. The molecule has 0 unspecified atom stereocenters. The molecule has 0 aliphatic carbocycles. The van der Waals surface area contributed by atoms with Gasteiger partial charge >= 0.3 is 0 Å². The number of carbonyl (C=O) groups is 3. The zero-order valence-corrected chi connectivity index (χ0v) is 18.4. The molecule has 2 aliphatic heterocycles. The molecule has 2 saturated heterocycles. The highest BCUT2D eigenvalue weighted by atomic mass is 16.2. The molecule has 2 fully saturated rings. The number of aromatic amines is 1. The van der Waals surface area contributed by atoms with Crippen molar-refractivity contribution >= 4 is 34.4 Å². The molecule has 2 aliphatic rings. The SMILES string of the molecule is O=C(NCC(=O)N1CCC(c2nc3ccccc3[nH]2)CC1)c1ccc(N2CCCC2=O)cc1. The van der Waals surface area contributed by atoms with Gasteiger partial charge in [0.05, 0.1) is 17.6 Å². The van der Waals surface area contributed by atoms with E-state index >= 15 is 0 Å². The predicted octanol–water partition coefficient (Wildman–Crippen LogP) is 2.83. The molecule has 0 atom stereocenters. The number of carbonyl (C=O) groups excluding carboxylic acids is 3. The van der Waals surface area contributed by atoms with Crippen LogP contribution >= 0.6 is 0 Å². The standard InChI is InChI=1S/C25H27N5O3/c31-22-6-3-13-30(22)19-9-7-18(8-10-19)25(33)26-16-23(32)29-14-11-17(12-15-29)24-27-20-4-1-2-5-21(20)28-24/h1-2,4-5,7-10,17H,3,6,11-16H2,(H,26,33)(H,27,28). The number of piperidine rings is 1. The highest BCUT2D eigenvalue weighted by molar-refractivity contribution is 5.98. The van der Waals surface area contributed by atoms with Gasteiger partial charge in [0.15, 0.2) is 0 Å². The average molecular weight is 446 g/mol. The Balaban J connectivity index is 1.11. The molecule has 1 aromatic heterocycles. The zero-order chi connectivity index (χ0) is 22.8. The predicted molar refractivity (Wildman–Crippen MR) is 125 cm³/mol. The topological polar surface area (TPSA) is 98.4 Å². The summed E-state index contributed by atoms with van der Waals surface area (Å²) in [5.41, 5.74) is 3.28. The van der Waals surface area contributed by atoms with Crippen LogP contribution in [0.15, 0.2) is 48.5 Å². The molecule has 3 amide bonds. The van der Waals surface area contributed by atoms with E-state index in [9.17, 15) is 14.4 Å². The molecule has 0 saturated carbocycles. The molecule has 3 heterocycles. The maximum Gasteiger partial charge on any atom is 0.251 e. The second-order valence-corrected chi connectivity index (χ2v) is 8.67. The highest BCUT2D eigenvalue weighted by Gasteiger charge is 2.26. The van der Waals surface area contributed by atoms with Gasteiger partial charge in [0, 0.05) is 43.2 Å². The van der Waals surface area contributed by atoms with Crippen LogP contribution in [0.4, 0.5) is 5.69 Å². The van der Waals surface area contributed by atoms with Crippen LogP contribution in [0.2, 0.25) is 0 Å². The lowest BCUT2D eigenvalue weighted by molar-refractivity contribution is -0.131. The number of nitrogens with one attached hydrogen (secondary N) is 2. The van der Waals surface area contributed by atoms with Crippen LogP contribution in [0, 0.1) is 0 Å². The Morgan fingerprint density at radius 2 is 1.79 bits per heavy atom. The Hall–Kier alpha value is -3.68. The first-order chi connectivity index (χ1) is 16.1. The summed E-state index contributed by atoms with van der Waals surface area (Å²) >= 11 is 0. The van der Waals surface area contributed by atoms with E-state index in [1.165, 1.54) is 0 Å². The van der Waals surface area contributed by atoms with Crippen LogP contribution in [0.1, 0.15) is 47.8 Å². The van der Waals surface area contributed by atoms with Crippen molar-refractivity contribution in [1.29, 1.82) is 0 Å². The number of fused-ring (bicyclic) bond motifs is 1. The van der Waals surface area contributed by atoms with Crippen LogP contribution in [-0.2, 0) is 9.59 Å². The molecule has 2 N–H and O–H groups in total. The highest BCUT2D eigenvalue weighted by Crippen LogP contribution is 2.27. The number of aromatic nitrogens is 2. The zero-order valence-electron chi connectivity index (χ0n) is 18.4. The first kappa shape index (κ1) is 21.2. The van der Waals surface area contributed by atoms with Crippen LogP contribution in [0.25, 0.3) is 11.0 Å². The quantitative estimate of drug-likeness (QED) is 0.631. The molecular weight excluding hydrogens is 418 g/mol. The molecule has 0 radical (unpaired) electrons. The van der Waals surface area contributed by atoms with Crippen molar-refractivity contribution in [2.24, 2.45) is 0 Å². The smallest absolute Gasteiger partial charge is 0.251 e. The van der Waals surface area contributed by atoms with Crippen LogP contribution in [-0.4, -0.2) is 58.8 Å². The normalized spacial score (nSPS) is 17.0. The van der Waals surface area contributed by atoms with E-state index in [-0.39, 0.29) is 24.3 Å². The van der Waals surface area contributed by atoms with Crippen molar-refractivity contribution in [2.45, 2.75) is 31.6 Å². The molecule has 8 heteroatoms. The number of benzene rings is 2. The summed E-state index contributed by atoms with van der Waals surface area (Å²) in [5, 5.41) is 2.73. The number of nitrogens with zero attached hydrogens (tertiary/aromatic N) is 3. The van der Waals surface area contributed by atoms with Crippen molar-refractivity contribution < 1.29 is 14.4 Å². The lowest BCUT2D eigenvalue weighted by Gasteiger charge is -2.31. The van der Waals surface area contributed by atoms with E-state index in [0.29, 0.717) is 37.5 Å². The summed E-state index contributed by atoms with van der Waals surface area (Å²) < 4.78 is 0. The Bertz CT molecular complexity index is 1150. The molecule has 5 rings (SSSR count). The fourth-order valence-corrected chi connectivity index (χ4v) is 4.65. The molecule has 33 heavy (non-hydrogen) atoms. The van der Waals surface area contributed by atoms with E-state index in [4.69, 9.17) is 4.98 Å². The Morgan fingerprint density at radius 1 is 1.03 bits per heavy atom. The average Bonchev–Trinajstić information content (AvgIpc) is 3.48. The summed E-state index contributed by atoms with van der Waals surface area (Å²) in [6, 6.07) is 14.9. The van der Waals surface area contributed by atoms with Gasteiger partial charge in [-0.15, -0.1) is 0 Å². The minimum Gasteiger partial charge on any atom is -0.343 e. The third-order valence-electron chi connectivity index (χ3n) is 6.56. The number of imidazole rings is 1. The van der Waals surface area contributed by atoms with Crippen molar-refractivity contribution in [1.82, 2.24) is 20.2 Å². The number of amides is 3. The van der Waals surface area contributed by atoms with Crippen LogP contribution in [0.5, 0.6) is 0 Å². The summed E-state index contributed by atoms with van der Waals surface area (Å²) in [4.78, 5) is 48.6. The van der Waals surface area contributed by atoms with E-state index in [1.54, 1.807) is 29.2 Å². The second-order valence-electron chi connectivity index (χ2n) is 8.67. The van der Waals surface area contributed by atoms with E-state index in [2.05, 4.69) is 10.3 Å². The fourth-order valence-electron chi connectivity index (χ4n) is 4.65. The Labute approximate surface area is 192 Å². The van der Waals surface area contributed by atoms with Gasteiger partial charge in [-0.25, -0.2) is 4.98 Å². The first-order valence-electron chi connectivity index (χ1n) is 11.5. The summed E-state index contributed by atoms with van der Waals surface area (Å²) in [6.45, 7) is 1.98. The third kappa shape index (κ3) is 4.46. The molecular formula is C25H27N5O3. The largest absolute Gasteiger partial charge is 0.343 e. The second kappa shape index (κ2) is 9.05. The first-order valence-corrected chi connectivity index (χ1v) is 11.5. The molecule has 2 aromatic carbocycles. The van der Waals surface area contributed by atoms with Gasteiger partial charge in [0.25, 0.3) is 5.91 Å². The molecule has 8 nitrogen and oxygen atoms in total. The minimum absolute atomic E-state index is 0.0273. The van der Waals surface area contributed by atoms with Gasteiger partial charge in [0.1, 0.15) is 5.82 Å². The van der Waals surface area contributed by atoms with Crippen LogP contribution in [0.3, 0.4) is 0 Å². The number of rotatable bonds is 5. The van der Waals surface area contributed by atoms with Gasteiger partial charge in [0.2, 0.25) is 11.8 Å². The van der Waals surface area contributed by atoms with Crippen molar-refractivity contribution in [3.63, 3.8) is 0 Å². The Kier molecular flexibility index (Phi) is 5.81. The van der Waals surface area contributed by atoms with Gasteiger partial charge in [-0.1, -0.05) is 12.1 Å². The monoisotopic (exact) mass is 445 g/mol. The van der Waals surface area contributed by atoms with Gasteiger partial charge in [-0.05, 0) is 55.7 Å². The maximum atomic E-state index is 12.6. The van der Waals surface area contributed by atoms with Crippen LogP contribution < -0.4 is 10.2 Å². The minimum atomic E-state index is -0.292. The van der Waals surface area contributed by atoms with E-state index in [1.807, 2.05) is 29.2 Å². The van der Waals surface area contributed by atoms with E-state index < -0.39 is 0 Å². The maximum absolute atomic E-state index is 12.6. The lowest BCUT2D eigenvalue weighted by Crippen LogP contribution is -2.43. The number of anilines is 1. The summed E-state index contributed by atoms with van der Waals surface area (Å²) in [5.74, 6) is 1.03. The van der Waals surface area contributed by atoms with Gasteiger partial charge in [-0.3, -0.25) is 14.4 Å². The van der Waals surface area contributed by atoms with Crippen molar-refractivity contribution in [3.05, 3.63) is 59.9 Å². The number of hydrogen-bond donors (Lipinski definition) is 2. The Morgan fingerprint density at radius 3 is 2.48 bits per heavy atom. The number of para-hydroxylation sites is 2. The number of hydrogen-bond acceptors (Lipinski definition) is 4. The molecule has 170 valence electrons. The number of likely N-dealkylation sites (tertiary alicyclic amines) is 1. The third-order valence-corrected chi connectivity index (χ3v) is 6.56. The van der Waals surface area contributed by atoms with Crippen molar-refractivity contribution in [2.75, 3.05) is 31.1 Å². The van der Waals surface area contributed by atoms with Crippen molar-refractivity contribution in [3.8, 4) is 0 Å². The molecule has 0 spiro atoms. The lowest BCUT2D eigenvalue weighted by atomic mass is 9.96. The fraction of sp³-hybridized carbons (Fsp3) is 0.360. The molecule has 0 bridgehead atoms.